The summed E-state index contributed by atoms with van der Waals surface area (Å²) in [6.07, 6.45) is -0.442. The van der Waals surface area contributed by atoms with Crippen molar-refractivity contribution in [1.82, 2.24) is 5.32 Å². The van der Waals surface area contributed by atoms with Crippen LogP contribution >= 0.6 is 0 Å². The first-order valence-electron chi connectivity index (χ1n) is 6.64. The van der Waals surface area contributed by atoms with E-state index in [2.05, 4.69) is 59.8 Å². The maximum absolute atomic E-state index is 10.4. The Hall–Kier alpha value is -0.860. The quantitative estimate of drug-likeness (QED) is 0.861. The first-order chi connectivity index (χ1) is 8.13. The number of rotatable bonds is 3. The Labute approximate surface area is 111 Å². The first kappa shape index (κ1) is 15.2. The number of hydrogen-bond acceptors (Lipinski definition) is 2. The van der Waals surface area contributed by atoms with E-state index in [0.717, 1.165) is 5.56 Å². The highest BCUT2D eigenvalue weighted by Crippen LogP contribution is 2.27. The molecule has 0 fully saturated rings. The van der Waals surface area contributed by atoms with Gasteiger partial charge in [0, 0.05) is 12.1 Å². The van der Waals surface area contributed by atoms with Gasteiger partial charge in [0.15, 0.2) is 0 Å². The van der Waals surface area contributed by atoms with Crippen molar-refractivity contribution in [3.63, 3.8) is 0 Å². The van der Waals surface area contributed by atoms with Crippen LogP contribution in [-0.4, -0.2) is 17.2 Å². The summed E-state index contributed by atoms with van der Waals surface area (Å²) in [4.78, 5) is 0. The molecule has 0 amide bonds. The zero-order chi connectivity index (χ0) is 14.1. The molecule has 2 heteroatoms. The molecule has 0 saturated heterocycles. The lowest BCUT2D eigenvalue weighted by atomic mass is 9.90. The fourth-order valence-corrected chi connectivity index (χ4v) is 2.25. The Morgan fingerprint density at radius 3 is 1.89 bits per heavy atom. The minimum atomic E-state index is -0.442. The van der Waals surface area contributed by atoms with Gasteiger partial charge in [-0.05, 0) is 76.3 Å². The molecule has 18 heavy (non-hydrogen) atoms. The highest BCUT2D eigenvalue weighted by atomic mass is 16.3. The van der Waals surface area contributed by atoms with E-state index in [-0.39, 0.29) is 5.54 Å². The van der Waals surface area contributed by atoms with Gasteiger partial charge in [0.05, 0.1) is 6.10 Å². The van der Waals surface area contributed by atoms with Crippen LogP contribution in [0.2, 0.25) is 0 Å². The molecule has 0 bridgehead atoms. The van der Waals surface area contributed by atoms with Crippen molar-refractivity contribution in [2.45, 2.75) is 60.1 Å². The molecule has 0 radical (unpaired) electrons. The Kier molecular flexibility index (Phi) is 4.57. The third-order valence-corrected chi connectivity index (χ3v) is 3.58. The number of aliphatic hydroxyl groups is 1. The van der Waals surface area contributed by atoms with Crippen LogP contribution in [0.3, 0.4) is 0 Å². The van der Waals surface area contributed by atoms with Crippen LogP contribution in [0.25, 0.3) is 0 Å². The monoisotopic (exact) mass is 249 g/mol. The van der Waals surface area contributed by atoms with Crippen molar-refractivity contribution >= 4 is 0 Å². The molecule has 2 N–H and O–H groups in total. The summed E-state index contributed by atoms with van der Waals surface area (Å²) in [7, 11) is 0. The lowest BCUT2D eigenvalue weighted by molar-refractivity contribution is 0.162. The molecule has 1 rings (SSSR count). The van der Waals surface area contributed by atoms with Gasteiger partial charge >= 0.3 is 0 Å². The molecule has 0 heterocycles. The van der Waals surface area contributed by atoms with Crippen LogP contribution in [0.5, 0.6) is 0 Å². The number of benzene rings is 1. The zero-order valence-electron chi connectivity index (χ0n) is 12.8. The van der Waals surface area contributed by atoms with E-state index in [1.807, 2.05) is 0 Å². The smallest absolute Gasteiger partial charge is 0.0919 e. The van der Waals surface area contributed by atoms with Crippen LogP contribution in [0.15, 0.2) is 6.07 Å². The number of aryl methyl sites for hydroxylation is 2. The number of nitrogens with one attached hydrogen (secondary N) is 1. The summed E-state index contributed by atoms with van der Waals surface area (Å²) in [6, 6.07) is 2.19. The third kappa shape index (κ3) is 3.56. The van der Waals surface area contributed by atoms with E-state index in [1.54, 1.807) is 0 Å². The first-order valence-corrected chi connectivity index (χ1v) is 6.64. The predicted octanol–water partition coefficient (Wildman–Crippen LogP) is 3.34. The van der Waals surface area contributed by atoms with E-state index in [9.17, 15) is 5.11 Å². The van der Waals surface area contributed by atoms with Crippen LogP contribution in [0, 0.1) is 27.7 Å². The number of aliphatic hydroxyl groups excluding tert-OH is 1. The zero-order valence-corrected chi connectivity index (χ0v) is 12.8. The van der Waals surface area contributed by atoms with Crippen LogP contribution in [0.4, 0.5) is 0 Å². The minimum absolute atomic E-state index is 0.0294. The fourth-order valence-electron chi connectivity index (χ4n) is 2.25. The van der Waals surface area contributed by atoms with Crippen molar-refractivity contribution in [1.29, 1.82) is 0 Å². The number of β-amino-alcohol motifs (C(OH)–C–C–N with tert-alkyl or cyclic N) is 1. The molecule has 0 aromatic heterocycles. The summed E-state index contributed by atoms with van der Waals surface area (Å²) in [5.41, 5.74) is 6.04. The molecule has 102 valence electrons. The molecule has 1 aromatic rings. The summed E-state index contributed by atoms with van der Waals surface area (Å²) >= 11 is 0. The largest absolute Gasteiger partial charge is 0.387 e. The van der Waals surface area contributed by atoms with Gasteiger partial charge in [-0.15, -0.1) is 0 Å². The number of hydrogen-bond donors (Lipinski definition) is 2. The van der Waals surface area contributed by atoms with Gasteiger partial charge < -0.3 is 10.4 Å². The van der Waals surface area contributed by atoms with Crippen LogP contribution in [0.1, 0.15) is 54.7 Å². The highest BCUT2D eigenvalue weighted by Gasteiger charge is 2.18. The van der Waals surface area contributed by atoms with E-state index in [4.69, 9.17) is 0 Å². The average molecular weight is 249 g/mol. The normalized spacial score (nSPS) is 13.8. The molecule has 0 spiro atoms. The second-order valence-electron chi connectivity index (χ2n) is 6.32. The van der Waals surface area contributed by atoms with Gasteiger partial charge in [-0.25, -0.2) is 0 Å². The molecule has 2 nitrogen and oxygen atoms in total. The Bertz CT molecular complexity index is 403. The summed E-state index contributed by atoms with van der Waals surface area (Å²) in [5, 5.41) is 13.8. The van der Waals surface area contributed by atoms with Gasteiger partial charge in [0.1, 0.15) is 0 Å². The SMILES string of the molecule is Cc1cc(C)c(C)c(C(O)CNC(C)(C)C)c1C. The molecule has 0 saturated carbocycles. The molecule has 0 aliphatic rings. The van der Waals surface area contributed by atoms with Crippen molar-refractivity contribution < 1.29 is 5.11 Å². The molecule has 0 aliphatic carbocycles. The Balaban J connectivity index is 3.02. The van der Waals surface area contributed by atoms with Crippen LogP contribution in [-0.2, 0) is 0 Å². The maximum atomic E-state index is 10.4. The van der Waals surface area contributed by atoms with E-state index < -0.39 is 6.10 Å². The van der Waals surface area contributed by atoms with E-state index in [1.165, 1.54) is 22.3 Å². The summed E-state index contributed by atoms with van der Waals surface area (Å²) < 4.78 is 0. The van der Waals surface area contributed by atoms with Crippen molar-refractivity contribution in [2.24, 2.45) is 0 Å². The van der Waals surface area contributed by atoms with Crippen molar-refractivity contribution in [3.05, 3.63) is 33.9 Å². The molecule has 1 aromatic carbocycles. The third-order valence-electron chi connectivity index (χ3n) is 3.58. The minimum Gasteiger partial charge on any atom is -0.387 e. The van der Waals surface area contributed by atoms with Gasteiger partial charge in [-0.3, -0.25) is 0 Å². The molecular weight excluding hydrogens is 222 g/mol. The van der Waals surface area contributed by atoms with Gasteiger partial charge in [-0.2, -0.15) is 0 Å². The highest BCUT2D eigenvalue weighted by molar-refractivity contribution is 5.45. The average Bonchev–Trinajstić information content (AvgIpc) is 2.23. The maximum Gasteiger partial charge on any atom is 0.0919 e. The van der Waals surface area contributed by atoms with Crippen LogP contribution < -0.4 is 5.32 Å². The standard InChI is InChI=1S/C16H27NO/c1-10-8-11(2)13(4)15(12(10)3)14(18)9-17-16(5,6)7/h8,14,17-18H,9H2,1-7H3. The van der Waals surface area contributed by atoms with Crippen molar-refractivity contribution in [3.8, 4) is 0 Å². The lowest BCUT2D eigenvalue weighted by Crippen LogP contribution is -2.38. The van der Waals surface area contributed by atoms with E-state index >= 15 is 0 Å². The summed E-state index contributed by atoms with van der Waals surface area (Å²) in [5.74, 6) is 0. The molecule has 1 atom stereocenters. The second kappa shape index (κ2) is 5.41. The Morgan fingerprint density at radius 1 is 1.06 bits per heavy atom. The molecule has 1 unspecified atom stereocenters. The van der Waals surface area contributed by atoms with Crippen molar-refractivity contribution in [2.75, 3.05) is 6.54 Å². The van der Waals surface area contributed by atoms with Gasteiger partial charge in [0.2, 0.25) is 0 Å². The van der Waals surface area contributed by atoms with Gasteiger partial charge in [-0.1, -0.05) is 6.07 Å². The predicted molar refractivity (Wildman–Crippen MR) is 78.1 cm³/mol. The van der Waals surface area contributed by atoms with E-state index in [0.29, 0.717) is 6.54 Å². The van der Waals surface area contributed by atoms with Gasteiger partial charge in [0.25, 0.3) is 0 Å². The fraction of sp³-hybridized carbons (Fsp3) is 0.625. The lowest BCUT2D eigenvalue weighted by Gasteiger charge is -2.25. The molecular formula is C16H27NO. The topological polar surface area (TPSA) is 32.3 Å². The second-order valence-corrected chi connectivity index (χ2v) is 6.32. The molecule has 0 aliphatic heterocycles. The Morgan fingerprint density at radius 2 is 1.50 bits per heavy atom. The summed E-state index contributed by atoms with van der Waals surface area (Å²) in [6.45, 7) is 15.3.